The molecule has 1 atom stereocenters. The van der Waals surface area contributed by atoms with E-state index in [0.29, 0.717) is 16.7 Å². The van der Waals surface area contributed by atoms with E-state index in [4.69, 9.17) is 0 Å². The van der Waals surface area contributed by atoms with Crippen LogP contribution in [0.15, 0.2) is 77.7 Å². The number of aliphatic hydroxyl groups is 1. The number of halogens is 2. The summed E-state index contributed by atoms with van der Waals surface area (Å²) in [7, 11) is 0. The van der Waals surface area contributed by atoms with Gasteiger partial charge in [-0.05, 0) is 46.3 Å². The van der Waals surface area contributed by atoms with Crippen molar-refractivity contribution in [3.63, 3.8) is 0 Å². The summed E-state index contributed by atoms with van der Waals surface area (Å²) in [6.45, 7) is 0. The van der Waals surface area contributed by atoms with Gasteiger partial charge in [0, 0.05) is 4.90 Å². The van der Waals surface area contributed by atoms with Crippen LogP contribution < -0.4 is 0 Å². The largest absolute Gasteiger partial charge is 0.381 e. The van der Waals surface area contributed by atoms with Crippen molar-refractivity contribution in [2.45, 2.75) is 16.3 Å². The topological polar surface area (TPSA) is 20.2 Å². The van der Waals surface area contributed by atoms with Gasteiger partial charge in [-0.2, -0.15) is 8.78 Å². The smallest absolute Gasteiger partial charge is 0.327 e. The summed E-state index contributed by atoms with van der Waals surface area (Å²) in [5.41, 5.74) is 0.215. The Bertz CT molecular complexity index is 774. The molecule has 0 aliphatic rings. The van der Waals surface area contributed by atoms with Crippen LogP contribution in [-0.4, -0.2) is 10.4 Å². The molecule has 112 valence electrons. The zero-order valence-electron chi connectivity index (χ0n) is 11.6. The van der Waals surface area contributed by atoms with E-state index in [1.54, 1.807) is 48.5 Å². The molecular weight excluding hydrogens is 302 g/mol. The fourth-order valence-electron chi connectivity index (χ4n) is 2.27. The monoisotopic (exact) mass is 316 g/mol. The maximum Gasteiger partial charge on any atom is 0.327 e. The lowest BCUT2D eigenvalue weighted by molar-refractivity contribution is -0.0354. The number of hydrogen-bond donors (Lipinski definition) is 1. The zero-order valence-corrected chi connectivity index (χ0v) is 12.4. The van der Waals surface area contributed by atoms with Crippen LogP contribution >= 0.6 is 11.8 Å². The van der Waals surface area contributed by atoms with Gasteiger partial charge in [0.25, 0.3) is 0 Å². The highest BCUT2D eigenvalue weighted by Crippen LogP contribution is 2.45. The van der Waals surface area contributed by atoms with E-state index >= 15 is 0 Å². The summed E-state index contributed by atoms with van der Waals surface area (Å²) in [6, 6.07) is 20.7. The van der Waals surface area contributed by atoms with E-state index in [-0.39, 0.29) is 5.56 Å². The van der Waals surface area contributed by atoms with Gasteiger partial charge in [0.15, 0.2) is 6.10 Å². The lowest BCUT2D eigenvalue weighted by Gasteiger charge is -2.22. The first-order valence-corrected chi connectivity index (χ1v) is 7.66. The molecule has 0 aromatic heterocycles. The molecule has 0 fully saturated rings. The lowest BCUT2D eigenvalue weighted by Crippen LogP contribution is -2.22. The first kappa shape index (κ1) is 15.0. The quantitative estimate of drug-likeness (QED) is 0.663. The standard InChI is InChI=1S/C18H14F2OS/c19-18(20,22-16-8-2-1-3-9-16)17(21)15-11-10-13-6-4-5-7-14(13)12-15/h1-12,17,21H. The molecular formula is C18H14F2OS. The van der Waals surface area contributed by atoms with E-state index in [1.807, 2.05) is 24.3 Å². The Balaban J connectivity index is 1.88. The predicted molar refractivity (Wildman–Crippen MR) is 86.2 cm³/mol. The molecule has 0 aliphatic heterocycles. The Morgan fingerprint density at radius 3 is 2.18 bits per heavy atom. The fraction of sp³-hybridized carbons (Fsp3) is 0.111. The van der Waals surface area contributed by atoms with Crippen LogP contribution in [0, 0.1) is 0 Å². The molecule has 1 unspecified atom stereocenters. The van der Waals surface area contributed by atoms with E-state index in [1.165, 1.54) is 0 Å². The molecule has 1 nitrogen and oxygen atoms in total. The average molecular weight is 316 g/mol. The number of thioether (sulfide) groups is 1. The minimum absolute atomic E-state index is 0.215. The second kappa shape index (κ2) is 6.07. The Kier molecular flexibility index (Phi) is 4.14. The van der Waals surface area contributed by atoms with Crippen molar-refractivity contribution in [2.24, 2.45) is 0 Å². The second-order valence-corrected chi connectivity index (χ2v) is 6.21. The van der Waals surface area contributed by atoms with Crippen molar-refractivity contribution >= 4 is 22.5 Å². The molecule has 0 aliphatic carbocycles. The third kappa shape index (κ3) is 3.13. The van der Waals surface area contributed by atoms with Crippen molar-refractivity contribution in [2.75, 3.05) is 0 Å². The van der Waals surface area contributed by atoms with E-state index in [0.717, 1.165) is 10.8 Å². The van der Waals surface area contributed by atoms with Crippen LogP contribution in [0.25, 0.3) is 10.8 Å². The maximum atomic E-state index is 14.3. The zero-order chi connectivity index (χ0) is 15.6. The summed E-state index contributed by atoms with van der Waals surface area (Å²) >= 11 is 0.371. The van der Waals surface area contributed by atoms with Gasteiger partial charge < -0.3 is 5.11 Å². The maximum absolute atomic E-state index is 14.3. The molecule has 3 rings (SSSR count). The molecule has 0 saturated carbocycles. The molecule has 3 aromatic carbocycles. The van der Waals surface area contributed by atoms with Crippen molar-refractivity contribution < 1.29 is 13.9 Å². The van der Waals surface area contributed by atoms with Crippen LogP contribution in [-0.2, 0) is 0 Å². The Morgan fingerprint density at radius 1 is 0.818 bits per heavy atom. The molecule has 0 radical (unpaired) electrons. The number of hydrogen-bond acceptors (Lipinski definition) is 2. The molecule has 0 spiro atoms. The van der Waals surface area contributed by atoms with Gasteiger partial charge in [-0.15, -0.1) is 0 Å². The van der Waals surface area contributed by atoms with Crippen LogP contribution in [0.1, 0.15) is 11.7 Å². The normalized spacial score (nSPS) is 13.2. The fourth-order valence-corrected chi connectivity index (χ4v) is 3.13. The number of alkyl halides is 2. The molecule has 0 saturated heterocycles. The third-order valence-corrected chi connectivity index (χ3v) is 4.41. The van der Waals surface area contributed by atoms with E-state index < -0.39 is 11.4 Å². The van der Waals surface area contributed by atoms with Gasteiger partial charge in [-0.3, -0.25) is 0 Å². The molecule has 0 bridgehead atoms. The van der Waals surface area contributed by atoms with Crippen LogP contribution in [0.4, 0.5) is 8.78 Å². The van der Waals surface area contributed by atoms with Gasteiger partial charge in [0.2, 0.25) is 0 Å². The predicted octanol–water partition coefficient (Wildman–Crippen LogP) is 5.26. The summed E-state index contributed by atoms with van der Waals surface area (Å²) in [5.74, 6) is 0. The molecule has 3 aromatic rings. The number of rotatable bonds is 4. The number of fused-ring (bicyclic) bond motifs is 1. The number of aliphatic hydroxyl groups excluding tert-OH is 1. The average Bonchev–Trinajstić information content (AvgIpc) is 2.54. The second-order valence-electron chi connectivity index (χ2n) is 4.99. The van der Waals surface area contributed by atoms with Gasteiger partial charge in [-0.25, -0.2) is 0 Å². The minimum Gasteiger partial charge on any atom is -0.381 e. The Labute approximate surface area is 131 Å². The van der Waals surface area contributed by atoms with Crippen LogP contribution in [0.2, 0.25) is 0 Å². The van der Waals surface area contributed by atoms with Crippen LogP contribution in [0.3, 0.4) is 0 Å². The summed E-state index contributed by atoms with van der Waals surface area (Å²) in [4.78, 5) is 0.423. The molecule has 1 N–H and O–H groups in total. The first-order chi connectivity index (χ1) is 10.6. The highest BCUT2D eigenvalue weighted by molar-refractivity contribution is 8.00. The van der Waals surface area contributed by atoms with Crippen molar-refractivity contribution in [3.8, 4) is 0 Å². The van der Waals surface area contributed by atoms with Crippen molar-refractivity contribution in [1.29, 1.82) is 0 Å². The summed E-state index contributed by atoms with van der Waals surface area (Å²) < 4.78 is 28.6. The SMILES string of the molecule is OC(c1ccc2ccccc2c1)C(F)(F)Sc1ccccc1. The van der Waals surface area contributed by atoms with E-state index in [9.17, 15) is 13.9 Å². The van der Waals surface area contributed by atoms with Gasteiger partial charge in [0.1, 0.15) is 0 Å². The first-order valence-electron chi connectivity index (χ1n) is 6.85. The summed E-state index contributed by atoms with van der Waals surface area (Å²) in [6.07, 6.45) is -1.86. The molecule has 22 heavy (non-hydrogen) atoms. The Hall–Kier alpha value is -1.91. The van der Waals surface area contributed by atoms with E-state index in [2.05, 4.69) is 0 Å². The van der Waals surface area contributed by atoms with Gasteiger partial charge >= 0.3 is 5.25 Å². The van der Waals surface area contributed by atoms with Gasteiger partial charge in [0.05, 0.1) is 0 Å². The third-order valence-electron chi connectivity index (χ3n) is 3.40. The highest BCUT2D eigenvalue weighted by Gasteiger charge is 2.40. The molecule has 4 heteroatoms. The van der Waals surface area contributed by atoms with Crippen molar-refractivity contribution in [3.05, 3.63) is 78.4 Å². The minimum atomic E-state index is -3.30. The number of benzene rings is 3. The van der Waals surface area contributed by atoms with Crippen LogP contribution in [0.5, 0.6) is 0 Å². The molecule has 0 heterocycles. The lowest BCUT2D eigenvalue weighted by atomic mass is 10.0. The van der Waals surface area contributed by atoms with Gasteiger partial charge in [-0.1, -0.05) is 54.6 Å². The molecule has 0 amide bonds. The summed E-state index contributed by atoms with van der Waals surface area (Å²) in [5, 5.41) is 8.59. The van der Waals surface area contributed by atoms with Crippen molar-refractivity contribution in [1.82, 2.24) is 0 Å². The Morgan fingerprint density at radius 2 is 1.45 bits per heavy atom. The highest BCUT2D eigenvalue weighted by atomic mass is 32.2.